The highest BCUT2D eigenvalue weighted by Gasteiger charge is 1.93. The third-order valence-electron chi connectivity index (χ3n) is 0.322. The largest absolute Gasteiger partial charge is 0.591 e. The molecule has 0 radical (unpaired) electrons. The Morgan fingerprint density at radius 2 is 2.12 bits per heavy atom. The van der Waals surface area contributed by atoms with Gasteiger partial charge < -0.3 is 14.7 Å². The van der Waals surface area contributed by atoms with Crippen LogP contribution in [0.5, 0.6) is 0 Å². The van der Waals surface area contributed by atoms with Crippen molar-refractivity contribution in [1.82, 2.24) is 0 Å². The summed E-state index contributed by atoms with van der Waals surface area (Å²) in [7, 11) is -4.81. The molecule has 0 aliphatic carbocycles. The van der Waals surface area contributed by atoms with Gasteiger partial charge in [0.25, 0.3) is 0 Å². The monoisotopic (exact) mass is 154 g/mol. The number of hydrogen-bond acceptors (Lipinski definition) is 4. The van der Waals surface area contributed by atoms with Crippen LogP contribution in [0.4, 0.5) is 0 Å². The summed E-state index contributed by atoms with van der Waals surface area (Å²) in [6, 6.07) is 0. The van der Waals surface area contributed by atoms with Crippen LogP contribution in [0.15, 0.2) is 11.6 Å². The first kappa shape index (κ1) is 8.15. The Balaban J connectivity index is 3.50. The topological polar surface area (TPSA) is 80.6 Å². The van der Waals surface area contributed by atoms with E-state index in [-0.39, 0.29) is 0 Å². The maximum atomic E-state index is 9.64. The molecule has 0 fully saturated rings. The minimum atomic E-state index is -2.62. The van der Waals surface area contributed by atoms with Crippen molar-refractivity contribution in [2.75, 3.05) is 0 Å². The zero-order chi connectivity index (χ0) is 6.57. The fourth-order valence-electron chi connectivity index (χ4n) is 0.114. The minimum absolute atomic E-state index is 0.723. The third kappa shape index (κ3) is 6.15. The maximum Gasteiger partial charge on any atom is 0.341 e. The molecule has 0 heterocycles. The zero-order valence-electron chi connectivity index (χ0n) is 3.76. The molecular weight excluding hydrogens is 150 g/mol. The van der Waals surface area contributed by atoms with Crippen LogP contribution in [0.2, 0.25) is 0 Å². The first-order chi connectivity index (χ1) is 3.63. The summed E-state index contributed by atoms with van der Waals surface area (Å²) in [6.07, 6.45) is 0. The van der Waals surface area contributed by atoms with Gasteiger partial charge in [-0.25, -0.2) is 0 Å². The molecule has 1 unspecified atom stereocenters. The lowest BCUT2D eigenvalue weighted by Crippen LogP contribution is -1.78. The maximum absolute atomic E-state index is 9.64. The van der Waals surface area contributed by atoms with E-state index in [0.29, 0.717) is 0 Å². The van der Waals surface area contributed by atoms with Crippen molar-refractivity contribution in [2.24, 2.45) is 0 Å². The second-order valence-electron chi connectivity index (χ2n) is 0.904. The summed E-state index contributed by atoms with van der Waals surface area (Å²) in [6.45, 7) is 0. The molecule has 0 saturated heterocycles. The normalized spacial score (nSPS) is 13.2. The Kier molecular flexibility index (Phi) is 4.15. The molecule has 8 heavy (non-hydrogen) atoms. The summed E-state index contributed by atoms with van der Waals surface area (Å²) in [5, 5.41) is 0. The highest BCUT2D eigenvalue weighted by atomic mass is 31.2. The van der Waals surface area contributed by atoms with E-state index >= 15 is 0 Å². The lowest BCUT2D eigenvalue weighted by Gasteiger charge is -1.84. The van der Waals surface area contributed by atoms with Gasteiger partial charge in [0.1, 0.15) is 0 Å². The fraction of sp³-hybridized carbons (Fsp3) is 0. The summed E-state index contributed by atoms with van der Waals surface area (Å²) in [4.78, 5) is 25.8. The molecule has 0 amide bonds. The fourth-order valence-corrected chi connectivity index (χ4v) is 1.03. The number of rotatable bonds is 2. The smallest absolute Gasteiger partial charge is 0.341 e. The number of hydrogen-bond donors (Lipinski definition) is 2. The summed E-state index contributed by atoms with van der Waals surface area (Å²) in [5.74, 6) is 1.54. The van der Waals surface area contributed by atoms with E-state index in [0.717, 1.165) is 11.6 Å². The molecule has 0 aliphatic heterocycles. The molecule has 2 N–H and O–H groups in total. The van der Waals surface area contributed by atoms with Crippen LogP contribution < -0.4 is 4.89 Å². The van der Waals surface area contributed by atoms with Gasteiger partial charge in [-0.05, 0) is 0 Å². The van der Waals surface area contributed by atoms with Gasteiger partial charge in [-0.1, -0.05) is 4.57 Å². The van der Waals surface area contributed by atoms with E-state index in [1.54, 1.807) is 0 Å². The lowest BCUT2D eigenvalue weighted by atomic mass is 11.3. The van der Waals surface area contributed by atoms with E-state index in [1.807, 2.05) is 0 Å². The van der Waals surface area contributed by atoms with E-state index in [2.05, 4.69) is 0 Å². The van der Waals surface area contributed by atoms with Crippen molar-refractivity contribution in [2.45, 2.75) is 0 Å². The average Bonchev–Trinajstić information content (AvgIpc) is 1.61. The van der Waals surface area contributed by atoms with Gasteiger partial charge in [-0.3, -0.25) is 0 Å². The molecule has 0 aromatic heterocycles. The highest BCUT2D eigenvalue weighted by Crippen LogP contribution is 2.27. The molecule has 0 bridgehead atoms. The average molecular weight is 154 g/mol. The molecule has 0 spiro atoms. The van der Waals surface area contributed by atoms with Crippen molar-refractivity contribution in [3.8, 4) is 0 Å². The van der Waals surface area contributed by atoms with Gasteiger partial charge in [0.05, 0.1) is 0 Å². The van der Waals surface area contributed by atoms with Crippen molar-refractivity contribution in [3.05, 3.63) is 11.6 Å². The van der Waals surface area contributed by atoms with Crippen LogP contribution in [-0.2, 0) is 4.57 Å². The molecule has 6 heteroatoms. The van der Waals surface area contributed by atoms with Gasteiger partial charge in [0.2, 0.25) is 0 Å². The summed E-state index contributed by atoms with van der Waals surface area (Å²) >= 11 is 0. The van der Waals surface area contributed by atoms with E-state index in [1.165, 1.54) is 0 Å². The van der Waals surface area contributed by atoms with Gasteiger partial charge in [-0.15, -0.1) is 0 Å². The molecule has 0 aromatic carbocycles. The molecular formula is C2H4O4P2. The highest BCUT2D eigenvalue weighted by molar-refractivity contribution is 7.50. The quantitative estimate of drug-likeness (QED) is 0.542. The summed E-state index contributed by atoms with van der Waals surface area (Å²) < 4.78 is 9.64. The molecule has 1 atom stereocenters. The predicted octanol–water partition coefficient (Wildman–Crippen LogP) is -0.143. The molecule has 0 saturated carbocycles. The minimum Gasteiger partial charge on any atom is -0.591 e. The second-order valence-corrected chi connectivity index (χ2v) is 2.71. The van der Waals surface area contributed by atoms with Gasteiger partial charge in [0, 0.05) is 5.82 Å². The van der Waals surface area contributed by atoms with Gasteiger partial charge in [-0.2, -0.15) is 0 Å². The Morgan fingerprint density at radius 3 is 2.25 bits per heavy atom. The molecule has 0 aromatic rings. The van der Waals surface area contributed by atoms with Crippen LogP contribution in [-0.4, -0.2) is 9.79 Å². The Labute approximate surface area is 48.3 Å². The van der Waals surface area contributed by atoms with Crippen LogP contribution in [0, 0.1) is 0 Å². The first-order valence-corrected chi connectivity index (χ1v) is 4.18. The van der Waals surface area contributed by atoms with E-state index in [9.17, 15) is 9.46 Å². The van der Waals surface area contributed by atoms with Crippen molar-refractivity contribution in [1.29, 1.82) is 0 Å². The molecule has 4 nitrogen and oxygen atoms in total. The van der Waals surface area contributed by atoms with Gasteiger partial charge in [0.15, 0.2) is 14.2 Å². The molecule has 0 aliphatic rings. The Hall–Kier alpha value is 0.150. The SMILES string of the molecule is O=[P+]([O-])C=CP(O)O. The van der Waals surface area contributed by atoms with Crippen LogP contribution in [0.3, 0.4) is 0 Å². The first-order valence-electron chi connectivity index (χ1n) is 1.61. The van der Waals surface area contributed by atoms with Crippen molar-refractivity contribution >= 4 is 16.4 Å². The third-order valence-corrected chi connectivity index (χ3v) is 1.37. The molecule has 0 rings (SSSR count). The Bertz CT molecular complexity index is 109. The van der Waals surface area contributed by atoms with E-state index < -0.39 is 16.4 Å². The zero-order valence-corrected chi connectivity index (χ0v) is 5.55. The van der Waals surface area contributed by atoms with Crippen LogP contribution in [0.25, 0.3) is 0 Å². The van der Waals surface area contributed by atoms with E-state index in [4.69, 9.17) is 9.79 Å². The standard InChI is InChI=1S/C2H4O4P2/c3-7(4)1-2-8(5)6/h1-4H. The van der Waals surface area contributed by atoms with Crippen LogP contribution in [0.1, 0.15) is 0 Å². The lowest BCUT2D eigenvalue weighted by molar-refractivity contribution is -0.161. The second kappa shape index (κ2) is 4.07. The Morgan fingerprint density at radius 1 is 1.62 bits per heavy atom. The van der Waals surface area contributed by atoms with Gasteiger partial charge >= 0.3 is 8.03 Å². The van der Waals surface area contributed by atoms with Crippen LogP contribution >= 0.6 is 16.4 Å². The van der Waals surface area contributed by atoms with Crippen molar-refractivity contribution in [3.63, 3.8) is 0 Å². The summed E-state index contributed by atoms with van der Waals surface area (Å²) in [5.41, 5.74) is 0. The molecule has 46 valence electrons. The predicted molar refractivity (Wildman–Crippen MR) is 28.1 cm³/mol. The van der Waals surface area contributed by atoms with Crippen molar-refractivity contribution < 1.29 is 19.2 Å².